The van der Waals surface area contributed by atoms with Crippen LogP contribution < -0.4 is 5.32 Å². The molecule has 0 bridgehead atoms. The molecule has 0 saturated carbocycles. The van der Waals surface area contributed by atoms with Crippen molar-refractivity contribution in [2.45, 2.75) is 0 Å². The van der Waals surface area contributed by atoms with Crippen LogP contribution in [0.1, 0.15) is 0 Å². The van der Waals surface area contributed by atoms with E-state index in [9.17, 15) is 0 Å². The number of rotatable bonds is 2. The monoisotopic (exact) mass is 262 g/mol. The van der Waals surface area contributed by atoms with Gasteiger partial charge in [-0.25, -0.2) is 9.97 Å². The van der Waals surface area contributed by atoms with Crippen molar-refractivity contribution in [3.63, 3.8) is 0 Å². The van der Waals surface area contributed by atoms with Gasteiger partial charge in [0.25, 0.3) is 0 Å². The summed E-state index contributed by atoms with van der Waals surface area (Å²) < 4.78 is 0. The minimum Gasteiger partial charge on any atom is -0.308 e. The predicted octanol–water partition coefficient (Wildman–Crippen LogP) is 3.42. The van der Waals surface area contributed by atoms with Crippen LogP contribution in [-0.2, 0) is 0 Å². The van der Waals surface area contributed by atoms with Crippen LogP contribution >= 0.6 is 22.7 Å². The standard InChI is InChI=1S/C6H5N3S2.C5H5N/c1-3-10-5(7-1)9-6-8-2-4-11-6;1-2-4-6-5-3-1/h1-4H,(H,7,8,9);1-5H. The summed E-state index contributed by atoms with van der Waals surface area (Å²) in [5.41, 5.74) is 0. The Kier molecular flexibility index (Phi) is 4.62. The minimum absolute atomic E-state index is 0.889. The molecule has 0 radical (unpaired) electrons. The van der Waals surface area contributed by atoms with Crippen molar-refractivity contribution in [1.29, 1.82) is 0 Å². The summed E-state index contributed by atoms with van der Waals surface area (Å²) in [5, 5.41) is 8.71. The maximum Gasteiger partial charge on any atom is 0.188 e. The Morgan fingerprint density at radius 2 is 1.35 bits per heavy atom. The molecule has 4 nitrogen and oxygen atoms in total. The van der Waals surface area contributed by atoms with Crippen LogP contribution in [0.3, 0.4) is 0 Å². The van der Waals surface area contributed by atoms with Crippen molar-refractivity contribution >= 4 is 32.9 Å². The normalized spacial score (nSPS) is 9.18. The van der Waals surface area contributed by atoms with Crippen molar-refractivity contribution in [1.82, 2.24) is 15.0 Å². The number of anilines is 2. The molecule has 3 aromatic heterocycles. The summed E-state index contributed by atoms with van der Waals surface area (Å²) >= 11 is 3.13. The average Bonchev–Trinajstić information content (AvgIpc) is 3.06. The first kappa shape index (κ1) is 11.7. The molecule has 0 saturated heterocycles. The fourth-order valence-corrected chi connectivity index (χ4v) is 2.09. The lowest BCUT2D eigenvalue weighted by Crippen LogP contribution is -1.86. The lowest BCUT2D eigenvalue weighted by atomic mass is 10.5. The number of hydrogen-bond donors (Lipinski definition) is 1. The van der Waals surface area contributed by atoms with E-state index in [1.165, 1.54) is 0 Å². The number of pyridine rings is 1. The Balaban J connectivity index is 0.000000153. The molecule has 3 aromatic rings. The lowest BCUT2D eigenvalue weighted by Gasteiger charge is -1.93. The molecule has 0 atom stereocenters. The van der Waals surface area contributed by atoms with Crippen molar-refractivity contribution in [2.75, 3.05) is 5.32 Å². The van der Waals surface area contributed by atoms with Gasteiger partial charge >= 0.3 is 0 Å². The molecule has 0 aliphatic carbocycles. The van der Waals surface area contributed by atoms with Gasteiger partial charge in [0.15, 0.2) is 10.3 Å². The molecule has 0 aliphatic rings. The zero-order chi connectivity index (χ0) is 11.8. The van der Waals surface area contributed by atoms with E-state index >= 15 is 0 Å². The van der Waals surface area contributed by atoms with Gasteiger partial charge in [0, 0.05) is 35.5 Å². The first-order chi connectivity index (χ1) is 8.45. The van der Waals surface area contributed by atoms with Crippen LogP contribution in [-0.4, -0.2) is 15.0 Å². The van der Waals surface area contributed by atoms with Crippen LogP contribution in [0.2, 0.25) is 0 Å². The third-order valence-electron chi connectivity index (χ3n) is 1.64. The van der Waals surface area contributed by atoms with Crippen LogP contribution in [0, 0.1) is 0 Å². The van der Waals surface area contributed by atoms with Crippen molar-refractivity contribution in [2.24, 2.45) is 0 Å². The quantitative estimate of drug-likeness (QED) is 0.768. The number of nitrogens with zero attached hydrogens (tertiary/aromatic N) is 3. The first-order valence-electron chi connectivity index (χ1n) is 4.86. The minimum atomic E-state index is 0.889. The Hall–Kier alpha value is -1.79. The van der Waals surface area contributed by atoms with Gasteiger partial charge in [-0.1, -0.05) is 6.07 Å². The second-order valence-electron chi connectivity index (χ2n) is 2.82. The third kappa shape index (κ3) is 4.29. The number of hydrogen-bond acceptors (Lipinski definition) is 6. The van der Waals surface area contributed by atoms with Gasteiger partial charge in [0.1, 0.15) is 0 Å². The van der Waals surface area contributed by atoms with Crippen LogP contribution in [0.4, 0.5) is 10.3 Å². The zero-order valence-corrected chi connectivity index (χ0v) is 10.5. The van der Waals surface area contributed by atoms with Gasteiger partial charge in [-0.2, -0.15) is 0 Å². The number of aromatic nitrogens is 3. The molecule has 17 heavy (non-hydrogen) atoms. The summed E-state index contributed by atoms with van der Waals surface area (Å²) in [6.07, 6.45) is 7.03. The van der Waals surface area contributed by atoms with Gasteiger partial charge in [-0.15, -0.1) is 22.7 Å². The fraction of sp³-hybridized carbons (Fsp3) is 0. The molecule has 0 amide bonds. The maximum atomic E-state index is 4.07. The lowest BCUT2D eigenvalue weighted by molar-refractivity contribution is 1.33. The van der Waals surface area contributed by atoms with E-state index < -0.39 is 0 Å². The molecule has 6 heteroatoms. The number of nitrogens with one attached hydrogen (secondary N) is 1. The maximum absolute atomic E-state index is 4.07. The molecule has 1 N–H and O–H groups in total. The topological polar surface area (TPSA) is 50.7 Å². The van der Waals surface area contributed by atoms with E-state index in [2.05, 4.69) is 20.3 Å². The van der Waals surface area contributed by atoms with Crippen molar-refractivity contribution < 1.29 is 0 Å². The molecular weight excluding hydrogens is 252 g/mol. The van der Waals surface area contributed by atoms with E-state index in [1.54, 1.807) is 47.5 Å². The van der Waals surface area contributed by atoms with E-state index in [0.717, 1.165) is 10.3 Å². The smallest absolute Gasteiger partial charge is 0.188 e. The summed E-state index contributed by atoms with van der Waals surface area (Å²) in [4.78, 5) is 11.9. The molecule has 0 aliphatic heterocycles. The molecule has 3 heterocycles. The summed E-state index contributed by atoms with van der Waals surface area (Å²) in [6.45, 7) is 0. The highest BCUT2D eigenvalue weighted by Crippen LogP contribution is 2.19. The molecule has 3 rings (SSSR count). The highest BCUT2D eigenvalue weighted by Gasteiger charge is 1.96. The van der Waals surface area contributed by atoms with Gasteiger partial charge < -0.3 is 5.32 Å². The molecule has 86 valence electrons. The van der Waals surface area contributed by atoms with Crippen LogP contribution in [0.15, 0.2) is 53.7 Å². The second-order valence-corrected chi connectivity index (χ2v) is 4.61. The molecule has 0 spiro atoms. The van der Waals surface area contributed by atoms with Gasteiger partial charge in [0.2, 0.25) is 0 Å². The highest BCUT2D eigenvalue weighted by molar-refractivity contribution is 7.15. The molecule has 0 unspecified atom stereocenters. The van der Waals surface area contributed by atoms with E-state index in [4.69, 9.17) is 0 Å². The molecule has 0 aromatic carbocycles. The van der Waals surface area contributed by atoms with Gasteiger partial charge in [-0.05, 0) is 12.1 Å². The molecular formula is C11H10N4S2. The predicted molar refractivity (Wildman–Crippen MR) is 71.7 cm³/mol. The highest BCUT2D eigenvalue weighted by atomic mass is 32.1. The van der Waals surface area contributed by atoms with E-state index in [1.807, 2.05) is 29.0 Å². The Morgan fingerprint density at radius 1 is 0.765 bits per heavy atom. The zero-order valence-electron chi connectivity index (χ0n) is 8.85. The Morgan fingerprint density at radius 3 is 1.65 bits per heavy atom. The van der Waals surface area contributed by atoms with E-state index in [-0.39, 0.29) is 0 Å². The van der Waals surface area contributed by atoms with Crippen LogP contribution in [0.25, 0.3) is 0 Å². The van der Waals surface area contributed by atoms with Crippen LogP contribution in [0.5, 0.6) is 0 Å². The molecule has 0 fully saturated rings. The summed E-state index contributed by atoms with van der Waals surface area (Å²) in [5.74, 6) is 0. The van der Waals surface area contributed by atoms with E-state index in [0.29, 0.717) is 0 Å². The average molecular weight is 262 g/mol. The van der Waals surface area contributed by atoms with Gasteiger partial charge in [0.05, 0.1) is 0 Å². The summed E-state index contributed by atoms with van der Waals surface area (Å²) in [6, 6.07) is 5.72. The fourth-order valence-electron chi connectivity index (χ4n) is 0.974. The Bertz CT molecular complexity index is 435. The second kappa shape index (κ2) is 6.72. The number of thiazole rings is 2. The largest absolute Gasteiger partial charge is 0.308 e. The third-order valence-corrected chi connectivity index (χ3v) is 3.02. The summed E-state index contributed by atoms with van der Waals surface area (Å²) in [7, 11) is 0. The van der Waals surface area contributed by atoms with Crippen molar-refractivity contribution in [3.05, 3.63) is 53.7 Å². The first-order valence-corrected chi connectivity index (χ1v) is 6.62. The SMILES string of the molecule is c1ccncc1.c1csc(Nc2nccs2)n1. The van der Waals surface area contributed by atoms with Gasteiger partial charge in [-0.3, -0.25) is 4.98 Å². The Labute approximate surface area is 107 Å². The van der Waals surface area contributed by atoms with Crippen molar-refractivity contribution in [3.8, 4) is 0 Å².